The minimum atomic E-state index is -0.361. The van der Waals surface area contributed by atoms with Crippen LogP contribution in [0.1, 0.15) is 28.4 Å². The minimum absolute atomic E-state index is 0.127. The van der Waals surface area contributed by atoms with Gasteiger partial charge in [0, 0.05) is 11.3 Å². The van der Waals surface area contributed by atoms with E-state index in [4.69, 9.17) is 5.73 Å². The molecule has 2 nitrogen and oxygen atoms in total. The first-order valence-electron chi connectivity index (χ1n) is 4.01. The molecule has 70 valence electrons. The van der Waals surface area contributed by atoms with E-state index in [0.29, 0.717) is 16.7 Å². The Balaban J connectivity index is 3.53. The molecular formula is C10H12FNO. The van der Waals surface area contributed by atoms with E-state index >= 15 is 0 Å². The molecule has 0 aromatic heterocycles. The van der Waals surface area contributed by atoms with Crippen LogP contribution in [-0.2, 0) is 0 Å². The SMILES string of the molecule is CC(=O)c1c(N)cc(F)c(C)c1C. The molecule has 0 fully saturated rings. The first kappa shape index (κ1) is 9.71. The summed E-state index contributed by atoms with van der Waals surface area (Å²) >= 11 is 0. The van der Waals surface area contributed by atoms with Crippen LogP contribution in [0.25, 0.3) is 0 Å². The highest BCUT2D eigenvalue weighted by Crippen LogP contribution is 2.23. The second-order valence-corrected chi connectivity index (χ2v) is 3.13. The van der Waals surface area contributed by atoms with Crippen molar-refractivity contribution in [3.05, 3.63) is 28.6 Å². The summed E-state index contributed by atoms with van der Waals surface area (Å²) in [5.41, 5.74) is 7.29. The second-order valence-electron chi connectivity index (χ2n) is 3.13. The van der Waals surface area contributed by atoms with Gasteiger partial charge in [0.15, 0.2) is 5.78 Å². The van der Waals surface area contributed by atoms with E-state index in [1.54, 1.807) is 13.8 Å². The largest absolute Gasteiger partial charge is 0.398 e. The molecule has 0 spiro atoms. The lowest BCUT2D eigenvalue weighted by atomic mass is 9.98. The van der Waals surface area contributed by atoms with E-state index in [1.807, 2.05) is 0 Å². The maximum absolute atomic E-state index is 13.1. The van der Waals surface area contributed by atoms with Gasteiger partial charge in [0.2, 0.25) is 0 Å². The van der Waals surface area contributed by atoms with Crippen LogP contribution < -0.4 is 5.73 Å². The Morgan fingerprint density at radius 3 is 2.38 bits per heavy atom. The number of nitrogens with two attached hydrogens (primary N) is 1. The number of hydrogen-bond donors (Lipinski definition) is 1. The summed E-state index contributed by atoms with van der Waals surface area (Å²) in [6.07, 6.45) is 0. The molecular weight excluding hydrogens is 169 g/mol. The zero-order chi connectivity index (χ0) is 10.2. The lowest BCUT2D eigenvalue weighted by Crippen LogP contribution is -2.05. The van der Waals surface area contributed by atoms with Gasteiger partial charge in [-0.05, 0) is 38.0 Å². The van der Waals surface area contributed by atoms with Crippen LogP contribution in [0.5, 0.6) is 0 Å². The van der Waals surface area contributed by atoms with Gasteiger partial charge in [-0.25, -0.2) is 4.39 Å². The zero-order valence-electron chi connectivity index (χ0n) is 7.94. The summed E-state index contributed by atoms with van der Waals surface area (Å²) in [7, 11) is 0. The topological polar surface area (TPSA) is 43.1 Å². The second kappa shape index (κ2) is 3.17. The third-order valence-corrected chi connectivity index (χ3v) is 2.22. The Hall–Kier alpha value is -1.38. The zero-order valence-corrected chi connectivity index (χ0v) is 7.94. The number of ketones is 1. The Morgan fingerprint density at radius 2 is 1.92 bits per heavy atom. The van der Waals surface area contributed by atoms with Gasteiger partial charge in [0.05, 0.1) is 0 Å². The fraction of sp³-hybridized carbons (Fsp3) is 0.300. The fourth-order valence-corrected chi connectivity index (χ4v) is 1.37. The Bertz CT molecular complexity index is 372. The summed E-state index contributed by atoms with van der Waals surface area (Å²) < 4.78 is 13.1. The maximum atomic E-state index is 13.1. The van der Waals surface area contributed by atoms with Gasteiger partial charge >= 0.3 is 0 Å². The van der Waals surface area contributed by atoms with Gasteiger partial charge in [0.1, 0.15) is 5.82 Å². The van der Waals surface area contributed by atoms with Crippen LogP contribution in [0.2, 0.25) is 0 Å². The third kappa shape index (κ3) is 1.54. The minimum Gasteiger partial charge on any atom is -0.398 e. The summed E-state index contributed by atoms with van der Waals surface area (Å²) in [5.74, 6) is -0.488. The van der Waals surface area contributed by atoms with Crippen LogP contribution in [0.15, 0.2) is 6.07 Å². The van der Waals surface area contributed by atoms with Gasteiger partial charge in [-0.3, -0.25) is 4.79 Å². The number of carbonyl (C=O) groups excluding carboxylic acids is 1. The third-order valence-electron chi connectivity index (χ3n) is 2.22. The van der Waals surface area contributed by atoms with Crippen molar-refractivity contribution in [2.45, 2.75) is 20.8 Å². The molecule has 3 heteroatoms. The van der Waals surface area contributed by atoms with E-state index in [1.165, 1.54) is 13.0 Å². The molecule has 1 rings (SSSR count). The molecule has 0 atom stereocenters. The van der Waals surface area contributed by atoms with Crippen LogP contribution in [0, 0.1) is 19.7 Å². The van der Waals surface area contributed by atoms with Gasteiger partial charge < -0.3 is 5.73 Å². The molecule has 0 amide bonds. The van der Waals surface area contributed by atoms with E-state index in [0.717, 1.165) is 0 Å². The smallest absolute Gasteiger partial charge is 0.162 e. The van der Waals surface area contributed by atoms with E-state index in [9.17, 15) is 9.18 Å². The van der Waals surface area contributed by atoms with Gasteiger partial charge in [-0.15, -0.1) is 0 Å². The molecule has 0 bridgehead atoms. The lowest BCUT2D eigenvalue weighted by molar-refractivity contribution is 0.101. The molecule has 0 unspecified atom stereocenters. The molecule has 0 radical (unpaired) electrons. The fourth-order valence-electron chi connectivity index (χ4n) is 1.37. The number of carbonyl (C=O) groups is 1. The van der Waals surface area contributed by atoms with Gasteiger partial charge in [-0.2, -0.15) is 0 Å². The summed E-state index contributed by atoms with van der Waals surface area (Å²) in [5, 5.41) is 0. The average molecular weight is 181 g/mol. The maximum Gasteiger partial charge on any atom is 0.162 e. The van der Waals surface area contributed by atoms with Crippen molar-refractivity contribution in [3.8, 4) is 0 Å². The number of Topliss-reactive ketones (excluding diaryl/α,β-unsaturated/α-hetero) is 1. The van der Waals surface area contributed by atoms with Crippen LogP contribution in [-0.4, -0.2) is 5.78 Å². The van der Waals surface area contributed by atoms with Crippen molar-refractivity contribution >= 4 is 11.5 Å². The molecule has 0 heterocycles. The molecule has 0 saturated carbocycles. The highest BCUT2D eigenvalue weighted by atomic mass is 19.1. The number of rotatable bonds is 1. The molecule has 2 N–H and O–H groups in total. The molecule has 0 aliphatic carbocycles. The molecule has 0 aliphatic rings. The first-order chi connectivity index (χ1) is 5.95. The standard InChI is InChI=1S/C10H12FNO/c1-5-6(2)10(7(3)13)9(12)4-8(5)11/h4H,12H2,1-3H3. The Labute approximate surface area is 76.6 Å². The van der Waals surface area contributed by atoms with Gasteiger partial charge in [0.25, 0.3) is 0 Å². The van der Waals surface area contributed by atoms with Crippen LogP contribution >= 0.6 is 0 Å². The predicted octanol–water partition coefficient (Wildman–Crippen LogP) is 2.23. The number of nitrogen functional groups attached to an aromatic ring is 1. The van der Waals surface area contributed by atoms with Crippen LogP contribution in [0.3, 0.4) is 0 Å². The van der Waals surface area contributed by atoms with Crippen LogP contribution in [0.4, 0.5) is 10.1 Å². The van der Waals surface area contributed by atoms with Crippen molar-refractivity contribution in [1.29, 1.82) is 0 Å². The van der Waals surface area contributed by atoms with Gasteiger partial charge in [-0.1, -0.05) is 0 Å². The predicted molar refractivity (Wildman–Crippen MR) is 50.3 cm³/mol. The Kier molecular flexibility index (Phi) is 2.36. The number of anilines is 1. The average Bonchev–Trinajstić information content (AvgIpc) is 1.99. The summed E-state index contributed by atoms with van der Waals surface area (Å²) in [6.45, 7) is 4.76. The van der Waals surface area contributed by atoms with E-state index < -0.39 is 0 Å². The highest BCUT2D eigenvalue weighted by Gasteiger charge is 2.13. The number of benzene rings is 1. The summed E-state index contributed by atoms with van der Waals surface area (Å²) in [6, 6.07) is 1.19. The van der Waals surface area contributed by atoms with Crippen molar-refractivity contribution < 1.29 is 9.18 Å². The van der Waals surface area contributed by atoms with Crippen molar-refractivity contribution in [3.63, 3.8) is 0 Å². The monoisotopic (exact) mass is 181 g/mol. The Morgan fingerprint density at radius 1 is 1.38 bits per heavy atom. The quantitative estimate of drug-likeness (QED) is 0.533. The number of halogens is 1. The van der Waals surface area contributed by atoms with E-state index in [-0.39, 0.29) is 17.3 Å². The molecule has 1 aromatic rings. The van der Waals surface area contributed by atoms with Crippen molar-refractivity contribution in [2.24, 2.45) is 0 Å². The molecule has 0 aliphatic heterocycles. The normalized spacial score (nSPS) is 10.2. The lowest BCUT2D eigenvalue weighted by Gasteiger charge is -2.09. The molecule has 13 heavy (non-hydrogen) atoms. The van der Waals surface area contributed by atoms with Crippen molar-refractivity contribution in [2.75, 3.05) is 5.73 Å². The number of hydrogen-bond acceptors (Lipinski definition) is 2. The molecule has 1 aromatic carbocycles. The van der Waals surface area contributed by atoms with Crippen molar-refractivity contribution in [1.82, 2.24) is 0 Å². The summed E-state index contributed by atoms with van der Waals surface area (Å²) in [4.78, 5) is 11.1. The molecule has 0 saturated heterocycles. The first-order valence-corrected chi connectivity index (χ1v) is 4.01. The highest BCUT2D eigenvalue weighted by molar-refractivity contribution is 6.00. The van der Waals surface area contributed by atoms with E-state index in [2.05, 4.69) is 0 Å².